The Bertz CT molecular complexity index is 1040. The van der Waals surface area contributed by atoms with Crippen molar-refractivity contribution in [3.05, 3.63) is 46.8 Å². The van der Waals surface area contributed by atoms with Crippen LogP contribution in [0.25, 0.3) is 0 Å². The van der Waals surface area contributed by atoms with E-state index in [0.29, 0.717) is 34.6 Å². The Morgan fingerprint density at radius 2 is 2.06 bits per heavy atom. The number of fused-ring (bicyclic) bond motifs is 1. The zero-order valence-electron chi connectivity index (χ0n) is 16.8. The van der Waals surface area contributed by atoms with Gasteiger partial charge in [-0.1, -0.05) is 0 Å². The summed E-state index contributed by atoms with van der Waals surface area (Å²) < 4.78 is 46.9. The SMILES string of the molecule is Cc1cc(C(C)N2Cc3c(ccnc3N3CCOC3=O)C2=O)cnc1OCC(F)(F)F. The third kappa shape index (κ3) is 3.99. The minimum atomic E-state index is -4.46. The van der Waals surface area contributed by atoms with Crippen LogP contribution in [0.4, 0.5) is 23.8 Å². The molecule has 2 aliphatic rings. The van der Waals surface area contributed by atoms with Gasteiger partial charge >= 0.3 is 12.3 Å². The molecule has 4 rings (SSSR count). The van der Waals surface area contributed by atoms with Gasteiger partial charge in [-0.25, -0.2) is 14.8 Å². The van der Waals surface area contributed by atoms with Gasteiger partial charge in [0.05, 0.1) is 19.1 Å². The van der Waals surface area contributed by atoms with E-state index in [-0.39, 0.29) is 24.9 Å². The molecule has 164 valence electrons. The van der Waals surface area contributed by atoms with Gasteiger partial charge in [-0.15, -0.1) is 0 Å². The van der Waals surface area contributed by atoms with Crippen LogP contribution in [0.5, 0.6) is 5.88 Å². The maximum absolute atomic E-state index is 13.0. The molecule has 1 atom stereocenters. The molecule has 0 radical (unpaired) electrons. The van der Waals surface area contributed by atoms with Crippen LogP contribution in [0, 0.1) is 6.92 Å². The highest BCUT2D eigenvalue weighted by atomic mass is 19.4. The first-order valence-corrected chi connectivity index (χ1v) is 9.55. The summed E-state index contributed by atoms with van der Waals surface area (Å²) >= 11 is 0. The molecule has 2 amide bonds. The van der Waals surface area contributed by atoms with Crippen LogP contribution in [0.2, 0.25) is 0 Å². The summed E-state index contributed by atoms with van der Waals surface area (Å²) in [7, 11) is 0. The predicted octanol–water partition coefficient (Wildman–Crippen LogP) is 3.40. The number of hydrogen-bond donors (Lipinski definition) is 0. The lowest BCUT2D eigenvalue weighted by Crippen LogP contribution is -2.28. The van der Waals surface area contributed by atoms with E-state index in [1.807, 2.05) is 0 Å². The molecule has 2 aromatic rings. The van der Waals surface area contributed by atoms with Gasteiger partial charge < -0.3 is 14.4 Å². The Kier molecular flexibility index (Phi) is 5.19. The summed E-state index contributed by atoms with van der Waals surface area (Å²) in [5.41, 5.74) is 2.16. The molecule has 0 bridgehead atoms. The maximum atomic E-state index is 13.0. The molecule has 1 saturated heterocycles. The van der Waals surface area contributed by atoms with E-state index in [2.05, 4.69) is 9.97 Å². The first kappa shape index (κ1) is 20.9. The van der Waals surface area contributed by atoms with Crippen LogP contribution in [0.1, 0.15) is 40.0 Å². The summed E-state index contributed by atoms with van der Waals surface area (Å²) in [5, 5.41) is 0. The topological polar surface area (TPSA) is 84.9 Å². The molecule has 0 aliphatic carbocycles. The van der Waals surface area contributed by atoms with Crippen molar-refractivity contribution < 1.29 is 32.2 Å². The van der Waals surface area contributed by atoms with Crippen LogP contribution in [0.15, 0.2) is 24.5 Å². The van der Waals surface area contributed by atoms with Gasteiger partial charge in [-0.3, -0.25) is 9.69 Å². The molecule has 2 aliphatic heterocycles. The number of nitrogens with zero attached hydrogens (tertiary/aromatic N) is 4. The van der Waals surface area contributed by atoms with Crippen molar-refractivity contribution in [1.82, 2.24) is 14.9 Å². The maximum Gasteiger partial charge on any atom is 0.422 e. The number of halogens is 3. The van der Waals surface area contributed by atoms with Crippen LogP contribution in [0.3, 0.4) is 0 Å². The number of amides is 2. The highest BCUT2D eigenvalue weighted by molar-refractivity contribution is 6.01. The van der Waals surface area contributed by atoms with E-state index in [9.17, 15) is 22.8 Å². The van der Waals surface area contributed by atoms with E-state index in [1.54, 1.807) is 30.9 Å². The molecule has 1 fully saturated rings. The zero-order valence-corrected chi connectivity index (χ0v) is 16.8. The molecular formula is C20H19F3N4O4. The minimum Gasteiger partial charge on any atom is -0.468 e. The summed E-state index contributed by atoms with van der Waals surface area (Å²) in [6.07, 6.45) is -2.09. The fraction of sp³-hybridized carbons (Fsp3) is 0.400. The number of cyclic esters (lactones) is 1. The largest absolute Gasteiger partial charge is 0.468 e. The van der Waals surface area contributed by atoms with E-state index >= 15 is 0 Å². The van der Waals surface area contributed by atoms with Gasteiger partial charge in [0.2, 0.25) is 5.88 Å². The second-order valence-corrected chi connectivity index (χ2v) is 7.33. The molecule has 0 aromatic carbocycles. The van der Waals surface area contributed by atoms with E-state index < -0.39 is 24.9 Å². The van der Waals surface area contributed by atoms with E-state index in [0.717, 1.165) is 0 Å². The second-order valence-electron chi connectivity index (χ2n) is 7.33. The Morgan fingerprint density at radius 3 is 2.71 bits per heavy atom. The molecule has 11 heteroatoms. The first-order chi connectivity index (χ1) is 14.7. The predicted molar refractivity (Wildman–Crippen MR) is 102 cm³/mol. The molecule has 0 spiro atoms. The number of ether oxygens (including phenoxy) is 2. The summed E-state index contributed by atoms with van der Waals surface area (Å²) in [4.78, 5) is 36.2. The monoisotopic (exact) mass is 436 g/mol. The van der Waals surface area contributed by atoms with Crippen LogP contribution in [-0.4, -0.2) is 52.8 Å². The number of aromatic nitrogens is 2. The standard InChI is InChI=1S/C20H19F3N4O4/c1-11-7-13(8-25-17(11)31-10-20(21,22)23)12(2)27-9-15-14(18(27)28)3-4-24-16(15)26-5-6-30-19(26)29/h3-4,7-8,12H,5-6,9-10H2,1-2H3. The van der Waals surface area contributed by atoms with Gasteiger partial charge in [-0.05, 0) is 31.5 Å². The van der Waals surface area contributed by atoms with Crippen molar-refractivity contribution in [1.29, 1.82) is 0 Å². The van der Waals surface area contributed by atoms with Crippen LogP contribution in [-0.2, 0) is 11.3 Å². The van der Waals surface area contributed by atoms with Crippen LogP contribution < -0.4 is 9.64 Å². The normalized spacial score (nSPS) is 17.1. The number of carbonyl (C=O) groups is 2. The molecule has 8 nitrogen and oxygen atoms in total. The smallest absolute Gasteiger partial charge is 0.422 e. The zero-order chi connectivity index (χ0) is 22.3. The Morgan fingerprint density at radius 1 is 1.29 bits per heavy atom. The number of carbonyl (C=O) groups excluding carboxylic acids is 2. The number of pyridine rings is 2. The van der Waals surface area contributed by atoms with Crippen molar-refractivity contribution in [2.45, 2.75) is 32.6 Å². The fourth-order valence-corrected chi connectivity index (χ4v) is 3.66. The van der Waals surface area contributed by atoms with Gasteiger partial charge in [-0.2, -0.15) is 13.2 Å². The molecular weight excluding hydrogens is 417 g/mol. The molecule has 0 saturated carbocycles. The third-order valence-corrected chi connectivity index (χ3v) is 5.24. The molecule has 4 heterocycles. The molecule has 31 heavy (non-hydrogen) atoms. The highest BCUT2D eigenvalue weighted by Gasteiger charge is 2.37. The third-order valence-electron chi connectivity index (χ3n) is 5.24. The number of hydrogen-bond acceptors (Lipinski definition) is 6. The second kappa shape index (κ2) is 7.71. The van der Waals surface area contributed by atoms with Crippen molar-refractivity contribution in [3.8, 4) is 5.88 Å². The highest BCUT2D eigenvalue weighted by Crippen LogP contribution is 2.36. The van der Waals surface area contributed by atoms with Crippen molar-refractivity contribution in [2.24, 2.45) is 0 Å². The average Bonchev–Trinajstić information content (AvgIpc) is 3.29. The first-order valence-electron chi connectivity index (χ1n) is 9.55. The summed E-state index contributed by atoms with van der Waals surface area (Å²) in [6, 6.07) is 2.84. The van der Waals surface area contributed by atoms with Gasteiger partial charge in [0.15, 0.2) is 6.61 Å². The van der Waals surface area contributed by atoms with E-state index in [4.69, 9.17) is 9.47 Å². The van der Waals surface area contributed by atoms with Crippen LogP contribution >= 0.6 is 0 Å². The molecule has 0 N–H and O–H groups in total. The Hall–Kier alpha value is -3.37. The number of anilines is 1. The lowest BCUT2D eigenvalue weighted by Gasteiger charge is -2.25. The summed E-state index contributed by atoms with van der Waals surface area (Å²) in [6.45, 7) is 2.81. The average molecular weight is 436 g/mol. The molecule has 1 unspecified atom stereocenters. The van der Waals surface area contributed by atoms with Crippen molar-refractivity contribution in [3.63, 3.8) is 0 Å². The van der Waals surface area contributed by atoms with Gasteiger partial charge in [0.25, 0.3) is 5.91 Å². The number of rotatable bonds is 5. The summed E-state index contributed by atoms with van der Waals surface area (Å²) in [5.74, 6) is 0.0605. The lowest BCUT2D eigenvalue weighted by atomic mass is 10.1. The Labute approximate surface area is 175 Å². The number of alkyl halides is 3. The van der Waals surface area contributed by atoms with Gasteiger partial charge in [0, 0.05) is 29.1 Å². The fourth-order valence-electron chi connectivity index (χ4n) is 3.66. The molecule has 2 aromatic heterocycles. The quantitative estimate of drug-likeness (QED) is 0.714. The van der Waals surface area contributed by atoms with Gasteiger partial charge in [0.1, 0.15) is 12.4 Å². The Balaban J connectivity index is 1.55. The minimum absolute atomic E-state index is 0.108. The van der Waals surface area contributed by atoms with E-state index in [1.165, 1.54) is 17.3 Å². The lowest BCUT2D eigenvalue weighted by molar-refractivity contribution is -0.154. The van der Waals surface area contributed by atoms with Crippen molar-refractivity contribution in [2.75, 3.05) is 24.7 Å². The number of aryl methyl sites for hydroxylation is 1. The van der Waals surface area contributed by atoms with Crippen molar-refractivity contribution >= 4 is 17.8 Å².